The Morgan fingerprint density at radius 3 is 2.37 bits per heavy atom. The summed E-state index contributed by atoms with van der Waals surface area (Å²) in [7, 11) is 0. The van der Waals surface area contributed by atoms with Crippen LogP contribution in [0.5, 0.6) is 0 Å². The average molecular weight is 330 g/mol. The van der Waals surface area contributed by atoms with Crippen LogP contribution in [0.2, 0.25) is 0 Å². The highest BCUT2D eigenvalue weighted by atomic mass is 79.9. The summed E-state index contributed by atoms with van der Waals surface area (Å²) in [4.78, 5) is 22.2. The van der Waals surface area contributed by atoms with Gasteiger partial charge < -0.3 is 15.5 Å². The zero-order valence-corrected chi connectivity index (χ0v) is 12.1. The summed E-state index contributed by atoms with van der Waals surface area (Å²) in [5, 5.41) is 21.5. The molecule has 104 valence electrons. The number of carbonyl (C=O) groups excluding carboxylic acids is 1. The summed E-state index contributed by atoms with van der Waals surface area (Å²) in [6, 6.07) is 6.02. The van der Waals surface area contributed by atoms with Crippen molar-refractivity contribution in [3.8, 4) is 0 Å². The zero-order chi connectivity index (χ0) is 14.4. The van der Waals surface area contributed by atoms with E-state index in [4.69, 9.17) is 5.11 Å². The van der Waals surface area contributed by atoms with Crippen molar-refractivity contribution in [3.05, 3.63) is 34.3 Å². The highest BCUT2D eigenvalue weighted by molar-refractivity contribution is 9.10. The van der Waals surface area contributed by atoms with Gasteiger partial charge in [-0.15, -0.1) is 0 Å². The third kappa shape index (κ3) is 5.00. The Labute approximate surface area is 119 Å². The zero-order valence-electron chi connectivity index (χ0n) is 10.5. The minimum Gasteiger partial charge on any atom is -0.481 e. The number of carbonyl (C=O) groups is 2. The molecule has 0 fully saturated rings. The van der Waals surface area contributed by atoms with Gasteiger partial charge in [-0.1, -0.05) is 35.0 Å². The number of hydrogen-bond donors (Lipinski definition) is 3. The monoisotopic (exact) mass is 329 g/mol. The first-order valence-electron chi connectivity index (χ1n) is 5.88. The van der Waals surface area contributed by atoms with E-state index in [1.54, 1.807) is 31.2 Å². The smallest absolute Gasteiger partial charge is 0.305 e. The lowest BCUT2D eigenvalue weighted by atomic mass is 9.99. The van der Waals surface area contributed by atoms with Crippen molar-refractivity contribution in [3.63, 3.8) is 0 Å². The first kappa shape index (κ1) is 15.7. The van der Waals surface area contributed by atoms with E-state index in [1.807, 2.05) is 0 Å². The van der Waals surface area contributed by atoms with E-state index >= 15 is 0 Å². The van der Waals surface area contributed by atoms with Gasteiger partial charge >= 0.3 is 5.97 Å². The number of halogens is 1. The van der Waals surface area contributed by atoms with Crippen molar-refractivity contribution in [2.24, 2.45) is 0 Å². The molecule has 6 heteroatoms. The van der Waals surface area contributed by atoms with Crippen molar-refractivity contribution in [1.82, 2.24) is 5.32 Å². The molecule has 0 aliphatic rings. The number of hydrogen-bond acceptors (Lipinski definition) is 3. The van der Waals surface area contributed by atoms with E-state index in [0.717, 1.165) is 4.47 Å². The number of nitrogens with one attached hydrogen (secondary N) is 1. The number of rotatable bonds is 6. The van der Waals surface area contributed by atoms with Crippen LogP contribution in [0.4, 0.5) is 0 Å². The van der Waals surface area contributed by atoms with Crippen molar-refractivity contribution < 1.29 is 19.8 Å². The SMILES string of the molecule is CCC(=O)NC(CC(=O)O)C(O)c1ccc(Br)cc1. The van der Waals surface area contributed by atoms with Crippen LogP contribution in [0.15, 0.2) is 28.7 Å². The molecule has 19 heavy (non-hydrogen) atoms. The molecule has 1 aromatic carbocycles. The Kier molecular flexibility index (Phi) is 5.98. The van der Waals surface area contributed by atoms with Gasteiger partial charge in [0.25, 0.3) is 0 Å². The molecule has 0 aromatic heterocycles. The fourth-order valence-electron chi connectivity index (χ4n) is 1.63. The first-order valence-corrected chi connectivity index (χ1v) is 6.68. The molecule has 5 nitrogen and oxygen atoms in total. The molecule has 0 saturated heterocycles. The third-order valence-corrected chi connectivity index (χ3v) is 3.18. The molecule has 0 spiro atoms. The molecular formula is C13H16BrNO4. The minimum absolute atomic E-state index is 0.239. The average Bonchev–Trinajstić information content (AvgIpc) is 2.37. The van der Waals surface area contributed by atoms with E-state index in [0.29, 0.717) is 5.56 Å². The second-order valence-electron chi connectivity index (χ2n) is 4.12. The molecule has 0 saturated carbocycles. The van der Waals surface area contributed by atoms with Crippen molar-refractivity contribution in [2.45, 2.75) is 31.9 Å². The van der Waals surface area contributed by atoms with E-state index < -0.39 is 18.1 Å². The van der Waals surface area contributed by atoms with Crippen LogP contribution in [0, 0.1) is 0 Å². The van der Waals surface area contributed by atoms with Gasteiger partial charge in [0.2, 0.25) is 5.91 Å². The summed E-state index contributed by atoms with van der Waals surface area (Å²) in [6.45, 7) is 1.67. The van der Waals surface area contributed by atoms with Gasteiger partial charge in [0.1, 0.15) is 0 Å². The van der Waals surface area contributed by atoms with Crippen LogP contribution in [-0.4, -0.2) is 28.1 Å². The summed E-state index contributed by atoms with van der Waals surface area (Å²) >= 11 is 3.28. The lowest BCUT2D eigenvalue weighted by Crippen LogP contribution is -2.40. The molecule has 1 rings (SSSR count). The normalized spacial score (nSPS) is 13.6. The van der Waals surface area contributed by atoms with Gasteiger partial charge in [0.05, 0.1) is 18.6 Å². The molecule has 2 unspecified atom stereocenters. The van der Waals surface area contributed by atoms with Gasteiger partial charge in [0.15, 0.2) is 0 Å². The lowest BCUT2D eigenvalue weighted by Gasteiger charge is -2.23. The van der Waals surface area contributed by atoms with Crippen LogP contribution >= 0.6 is 15.9 Å². The number of aliphatic hydroxyl groups excluding tert-OH is 1. The van der Waals surface area contributed by atoms with E-state index in [1.165, 1.54) is 0 Å². The number of carboxylic acids is 1. The number of benzene rings is 1. The molecule has 3 N–H and O–H groups in total. The van der Waals surface area contributed by atoms with Crippen LogP contribution in [0.25, 0.3) is 0 Å². The largest absolute Gasteiger partial charge is 0.481 e. The summed E-state index contributed by atoms with van der Waals surface area (Å²) in [5.74, 6) is -1.36. The Bertz CT molecular complexity index is 446. The van der Waals surface area contributed by atoms with Gasteiger partial charge in [-0.05, 0) is 17.7 Å². The highest BCUT2D eigenvalue weighted by Gasteiger charge is 2.24. The maximum absolute atomic E-state index is 11.4. The molecule has 1 amide bonds. The van der Waals surface area contributed by atoms with Crippen molar-refractivity contribution >= 4 is 27.8 Å². The highest BCUT2D eigenvalue weighted by Crippen LogP contribution is 2.21. The Hall–Kier alpha value is -1.40. The summed E-state index contributed by atoms with van der Waals surface area (Å²) in [5.41, 5.74) is 0.561. The molecular weight excluding hydrogens is 314 g/mol. The van der Waals surface area contributed by atoms with Crippen LogP contribution < -0.4 is 5.32 Å². The maximum atomic E-state index is 11.4. The molecule has 0 bridgehead atoms. The molecule has 0 aliphatic carbocycles. The Morgan fingerprint density at radius 1 is 1.32 bits per heavy atom. The number of aliphatic hydroxyl groups is 1. The Balaban J connectivity index is 2.86. The molecule has 0 heterocycles. The maximum Gasteiger partial charge on any atom is 0.305 e. The van der Waals surface area contributed by atoms with Gasteiger partial charge in [-0.2, -0.15) is 0 Å². The molecule has 1 aromatic rings. The number of carboxylic acid groups (broad SMARTS) is 1. The summed E-state index contributed by atoms with van der Waals surface area (Å²) < 4.78 is 0.857. The molecule has 0 radical (unpaired) electrons. The van der Waals surface area contributed by atoms with Crippen molar-refractivity contribution in [2.75, 3.05) is 0 Å². The van der Waals surface area contributed by atoms with Crippen LogP contribution in [0.1, 0.15) is 31.4 Å². The number of amides is 1. The quantitative estimate of drug-likeness (QED) is 0.743. The van der Waals surface area contributed by atoms with Gasteiger partial charge in [-0.25, -0.2) is 0 Å². The topological polar surface area (TPSA) is 86.6 Å². The summed E-state index contributed by atoms with van der Waals surface area (Å²) in [6.07, 6.45) is -1.15. The van der Waals surface area contributed by atoms with Crippen molar-refractivity contribution in [1.29, 1.82) is 0 Å². The standard InChI is InChI=1S/C13H16BrNO4/c1-2-11(16)15-10(7-12(17)18)13(19)8-3-5-9(14)6-4-8/h3-6,10,13,19H,2,7H2,1H3,(H,15,16)(H,17,18). The fourth-order valence-corrected chi connectivity index (χ4v) is 1.90. The van der Waals surface area contributed by atoms with E-state index in [-0.39, 0.29) is 18.7 Å². The molecule has 0 aliphatic heterocycles. The Morgan fingerprint density at radius 2 is 1.89 bits per heavy atom. The number of aliphatic carboxylic acids is 1. The van der Waals surface area contributed by atoms with Crippen LogP contribution in [0.3, 0.4) is 0 Å². The lowest BCUT2D eigenvalue weighted by molar-refractivity contribution is -0.138. The van der Waals surface area contributed by atoms with Gasteiger partial charge in [-0.3, -0.25) is 9.59 Å². The predicted molar refractivity (Wildman–Crippen MR) is 73.6 cm³/mol. The minimum atomic E-state index is -1.07. The van der Waals surface area contributed by atoms with Crippen LogP contribution in [-0.2, 0) is 9.59 Å². The fraction of sp³-hybridized carbons (Fsp3) is 0.385. The molecule has 2 atom stereocenters. The second-order valence-corrected chi connectivity index (χ2v) is 5.04. The second kappa shape index (κ2) is 7.25. The first-order chi connectivity index (χ1) is 8.93. The van der Waals surface area contributed by atoms with Gasteiger partial charge in [0, 0.05) is 10.9 Å². The predicted octanol–water partition coefficient (Wildman–Crippen LogP) is 1.85. The van der Waals surface area contributed by atoms with E-state index in [9.17, 15) is 14.7 Å². The van der Waals surface area contributed by atoms with E-state index in [2.05, 4.69) is 21.2 Å². The third-order valence-electron chi connectivity index (χ3n) is 2.65.